The number of nitrogens with zero attached hydrogens (tertiary/aromatic N) is 2. The van der Waals surface area contributed by atoms with Gasteiger partial charge in [0.1, 0.15) is 0 Å². The zero-order valence-corrected chi connectivity index (χ0v) is 13.5. The van der Waals surface area contributed by atoms with Gasteiger partial charge in [-0.3, -0.25) is 9.59 Å². The molecule has 3 fully saturated rings. The molecule has 0 spiro atoms. The van der Waals surface area contributed by atoms with Crippen LogP contribution in [0, 0.1) is 5.92 Å². The Balaban J connectivity index is 1.36. The molecule has 1 unspecified atom stereocenters. The molecular formula is C17H28N2O3. The van der Waals surface area contributed by atoms with Crippen molar-refractivity contribution in [1.82, 2.24) is 9.80 Å². The van der Waals surface area contributed by atoms with Gasteiger partial charge in [0.05, 0.1) is 6.10 Å². The first kappa shape index (κ1) is 15.8. The van der Waals surface area contributed by atoms with E-state index in [1.165, 1.54) is 12.8 Å². The largest absolute Gasteiger partial charge is 0.378 e. The summed E-state index contributed by atoms with van der Waals surface area (Å²) in [5.41, 5.74) is 0. The highest BCUT2D eigenvalue weighted by Gasteiger charge is 2.32. The summed E-state index contributed by atoms with van der Waals surface area (Å²) >= 11 is 0. The van der Waals surface area contributed by atoms with Crippen LogP contribution in [0.25, 0.3) is 0 Å². The summed E-state index contributed by atoms with van der Waals surface area (Å²) < 4.78 is 5.69. The summed E-state index contributed by atoms with van der Waals surface area (Å²) in [6, 6.07) is 0. The first-order chi connectivity index (χ1) is 10.7. The van der Waals surface area contributed by atoms with Crippen molar-refractivity contribution in [3.05, 3.63) is 0 Å². The molecule has 3 rings (SSSR count). The van der Waals surface area contributed by atoms with Crippen LogP contribution in [0.4, 0.5) is 0 Å². The van der Waals surface area contributed by atoms with E-state index in [9.17, 15) is 9.59 Å². The number of hydrogen-bond donors (Lipinski definition) is 0. The van der Waals surface area contributed by atoms with Crippen LogP contribution in [0.3, 0.4) is 0 Å². The van der Waals surface area contributed by atoms with Crippen molar-refractivity contribution in [3.8, 4) is 0 Å². The Hall–Kier alpha value is -1.10. The molecule has 124 valence electrons. The van der Waals surface area contributed by atoms with Gasteiger partial charge in [-0.1, -0.05) is 6.42 Å². The van der Waals surface area contributed by atoms with E-state index >= 15 is 0 Å². The third-order valence-electron chi connectivity index (χ3n) is 5.35. The van der Waals surface area contributed by atoms with Crippen LogP contribution >= 0.6 is 0 Å². The van der Waals surface area contributed by atoms with Crippen LogP contribution in [-0.2, 0) is 14.3 Å². The minimum Gasteiger partial charge on any atom is -0.378 e. The van der Waals surface area contributed by atoms with E-state index in [1.807, 2.05) is 9.80 Å². The van der Waals surface area contributed by atoms with Crippen molar-refractivity contribution in [1.29, 1.82) is 0 Å². The predicted octanol–water partition coefficient (Wildman–Crippen LogP) is 1.81. The Morgan fingerprint density at radius 3 is 2.23 bits per heavy atom. The van der Waals surface area contributed by atoms with Gasteiger partial charge in [0.25, 0.3) is 0 Å². The van der Waals surface area contributed by atoms with Gasteiger partial charge in [-0.2, -0.15) is 0 Å². The zero-order chi connectivity index (χ0) is 15.4. The summed E-state index contributed by atoms with van der Waals surface area (Å²) in [7, 11) is 0. The fourth-order valence-corrected chi connectivity index (χ4v) is 3.57. The number of carbonyl (C=O) groups is 2. The van der Waals surface area contributed by atoms with Gasteiger partial charge in [-0.25, -0.2) is 0 Å². The zero-order valence-electron chi connectivity index (χ0n) is 13.5. The van der Waals surface area contributed by atoms with E-state index in [0.717, 1.165) is 38.7 Å². The summed E-state index contributed by atoms with van der Waals surface area (Å²) in [4.78, 5) is 28.4. The average molecular weight is 308 g/mol. The summed E-state index contributed by atoms with van der Waals surface area (Å²) in [5, 5.41) is 0. The van der Waals surface area contributed by atoms with Gasteiger partial charge in [0.15, 0.2) is 0 Å². The molecule has 0 aromatic heterocycles. The molecule has 0 bridgehead atoms. The predicted molar refractivity (Wildman–Crippen MR) is 83.3 cm³/mol. The maximum atomic E-state index is 12.3. The monoisotopic (exact) mass is 308 g/mol. The standard InChI is InChI=1S/C17H28N2O3/c20-16(8-7-15-6-1-2-13-22-15)18-9-11-19(12-10-18)17(21)14-4-3-5-14/h14-15H,1-13H2. The van der Waals surface area contributed by atoms with Crippen molar-refractivity contribution in [2.45, 2.75) is 57.5 Å². The Morgan fingerprint density at radius 1 is 0.909 bits per heavy atom. The van der Waals surface area contributed by atoms with Crippen molar-refractivity contribution in [3.63, 3.8) is 0 Å². The molecule has 2 amide bonds. The summed E-state index contributed by atoms with van der Waals surface area (Å²) in [5.74, 6) is 0.810. The SMILES string of the molecule is O=C(CCC1CCCCO1)N1CCN(C(=O)C2CCC2)CC1. The lowest BCUT2D eigenvalue weighted by molar-refractivity contribution is -0.144. The summed E-state index contributed by atoms with van der Waals surface area (Å²) in [6.07, 6.45) is 8.48. The molecule has 1 saturated carbocycles. The highest BCUT2D eigenvalue weighted by Crippen LogP contribution is 2.28. The van der Waals surface area contributed by atoms with Crippen LogP contribution in [0.5, 0.6) is 0 Å². The number of ether oxygens (including phenoxy) is 1. The molecule has 0 N–H and O–H groups in total. The molecule has 0 aromatic rings. The van der Waals surface area contributed by atoms with Crippen molar-refractivity contribution in [2.24, 2.45) is 5.92 Å². The molecule has 2 heterocycles. The van der Waals surface area contributed by atoms with Crippen molar-refractivity contribution >= 4 is 11.8 Å². The second-order valence-electron chi connectivity index (χ2n) is 6.86. The minimum atomic E-state index is 0.227. The maximum absolute atomic E-state index is 12.3. The van der Waals surface area contributed by atoms with Gasteiger partial charge >= 0.3 is 0 Å². The highest BCUT2D eigenvalue weighted by atomic mass is 16.5. The van der Waals surface area contributed by atoms with Crippen molar-refractivity contribution in [2.75, 3.05) is 32.8 Å². The fourth-order valence-electron chi connectivity index (χ4n) is 3.57. The minimum absolute atomic E-state index is 0.227. The number of rotatable bonds is 4. The van der Waals surface area contributed by atoms with E-state index in [1.54, 1.807) is 0 Å². The quantitative estimate of drug-likeness (QED) is 0.796. The van der Waals surface area contributed by atoms with Gasteiger partial charge in [-0.05, 0) is 38.5 Å². The topological polar surface area (TPSA) is 49.9 Å². The number of piperazine rings is 1. The first-order valence-electron chi connectivity index (χ1n) is 8.92. The molecule has 2 aliphatic heterocycles. The van der Waals surface area contributed by atoms with Crippen LogP contribution < -0.4 is 0 Å². The Morgan fingerprint density at radius 2 is 1.64 bits per heavy atom. The third kappa shape index (κ3) is 3.80. The van der Waals surface area contributed by atoms with E-state index < -0.39 is 0 Å². The van der Waals surface area contributed by atoms with E-state index in [-0.39, 0.29) is 17.9 Å². The lowest BCUT2D eigenvalue weighted by Gasteiger charge is -2.38. The molecule has 0 radical (unpaired) electrons. The van der Waals surface area contributed by atoms with Gasteiger partial charge in [0, 0.05) is 45.1 Å². The van der Waals surface area contributed by atoms with Gasteiger partial charge in [-0.15, -0.1) is 0 Å². The second kappa shape index (κ2) is 7.44. The number of hydrogen-bond acceptors (Lipinski definition) is 3. The molecule has 2 saturated heterocycles. The summed E-state index contributed by atoms with van der Waals surface area (Å²) in [6.45, 7) is 3.66. The van der Waals surface area contributed by atoms with Gasteiger partial charge < -0.3 is 14.5 Å². The Kier molecular flexibility index (Phi) is 5.34. The molecule has 1 aliphatic carbocycles. The number of amides is 2. The average Bonchev–Trinajstić information content (AvgIpc) is 2.52. The molecule has 0 aromatic carbocycles. The number of carbonyl (C=O) groups excluding carboxylic acids is 2. The molecule has 22 heavy (non-hydrogen) atoms. The lowest BCUT2D eigenvalue weighted by Crippen LogP contribution is -2.52. The molecule has 5 nitrogen and oxygen atoms in total. The second-order valence-corrected chi connectivity index (χ2v) is 6.86. The van der Waals surface area contributed by atoms with Crippen LogP contribution in [0.1, 0.15) is 51.4 Å². The normalized spacial score (nSPS) is 26.6. The first-order valence-corrected chi connectivity index (χ1v) is 8.92. The molecule has 5 heteroatoms. The van der Waals surface area contributed by atoms with Crippen LogP contribution in [0.15, 0.2) is 0 Å². The van der Waals surface area contributed by atoms with Crippen LogP contribution in [0.2, 0.25) is 0 Å². The molecular weight excluding hydrogens is 280 g/mol. The lowest BCUT2D eigenvalue weighted by atomic mass is 9.84. The van der Waals surface area contributed by atoms with Gasteiger partial charge in [0.2, 0.25) is 11.8 Å². The maximum Gasteiger partial charge on any atom is 0.225 e. The Labute approximate surface area is 133 Å². The van der Waals surface area contributed by atoms with E-state index in [0.29, 0.717) is 38.5 Å². The van der Waals surface area contributed by atoms with Crippen LogP contribution in [-0.4, -0.2) is 60.5 Å². The molecule has 1 atom stereocenters. The van der Waals surface area contributed by atoms with E-state index in [4.69, 9.17) is 4.74 Å². The van der Waals surface area contributed by atoms with Crippen molar-refractivity contribution < 1.29 is 14.3 Å². The smallest absolute Gasteiger partial charge is 0.225 e. The molecule has 3 aliphatic rings. The highest BCUT2D eigenvalue weighted by molar-refractivity contribution is 5.80. The van der Waals surface area contributed by atoms with E-state index in [2.05, 4.69) is 0 Å². The third-order valence-corrected chi connectivity index (χ3v) is 5.35. The fraction of sp³-hybridized carbons (Fsp3) is 0.882. The Bertz CT molecular complexity index is 395.